The molecule has 0 amide bonds. The van der Waals surface area contributed by atoms with Crippen LogP contribution in [0.25, 0.3) is 16.0 Å². The molecular weight excluding hydrogens is 477 g/mol. The molecule has 3 fully saturated rings. The van der Waals surface area contributed by atoms with E-state index < -0.39 is 0 Å². The van der Waals surface area contributed by atoms with Crippen LogP contribution in [0.15, 0.2) is 36.0 Å². The lowest BCUT2D eigenvalue weighted by molar-refractivity contribution is 0.134. The first kappa shape index (κ1) is 21.9. The van der Waals surface area contributed by atoms with Crippen LogP contribution in [0.5, 0.6) is 0 Å². The second-order valence-corrected chi connectivity index (χ2v) is 11.0. The Morgan fingerprint density at radius 1 is 1.06 bits per heavy atom. The SMILES string of the molecule is Nc1nc(Nc2ccc(N3CCN(C4CC5CCC4C5)CC3)c(F)c2)nn1-c1ncnc2sccc12. The number of nitrogens with zero attached hydrogens (tertiary/aromatic N) is 7. The summed E-state index contributed by atoms with van der Waals surface area (Å²) in [5.41, 5.74) is 7.33. The number of halogens is 1. The minimum Gasteiger partial charge on any atom is -0.368 e. The van der Waals surface area contributed by atoms with Gasteiger partial charge in [0, 0.05) is 37.9 Å². The average molecular weight is 506 g/mol. The van der Waals surface area contributed by atoms with Crippen molar-refractivity contribution in [1.29, 1.82) is 0 Å². The molecule has 1 aromatic carbocycles. The number of thiophene rings is 1. The van der Waals surface area contributed by atoms with Gasteiger partial charge < -0.3 is 16.0 Å². The Hall–Kier alpha value is -3.31. The summed E-state index contributed by atoms with van der Waals surface area (Å²) in [5.74, 6) is 2.61. The van der Waals surface area contributed by atoms with E-state index in [1.54, 1.807) is 0 Å². The third-order valence-corrected chi connectivity index (χ3v) is 8.92. The summed E-state index contributed by atoms with van der Waals surface area (Å²) in [6.45, 7) is 3.73. The molecule has 3 aromatic heterocycles. The second kappa shape index (κ2) is 8.67. The molecule has 2 bridgehead atoms. The van der Waals surface area contributed by atoms with Gasteiger partial charge in [0.05, 0.1) is 11.1 Å². The molecule has 9 nitrogen and oxygen atoms in total. The van der Waals surface area contributed by atoms with Gasteiger partial charge in [-0.3, -0.25) is 4.90 Å². The number of aromatic nitrogens is 5. The van der Waals surface area contributed by atoms with Gasteiger partial charge in [0.25, 0.3) is 0 Å². The molecule has 1 aliphatic heterocycles. The Morgan fingerprint density at radius 3 is 2.72 bits per heavy atom. The first-order chi connectivity index (χ1) is 17.6. The summed E-state index contributed by atoms with van der Waals surface area (Å²) in [7, 11) is 0. The van der Waals surface area contributed by atoms with E-state index in [2.05, 4.69) is 35.2 Å². The number of piperazine rings is 1. The zero-order chi connectivity index (χ0) is 24.2. The number of nitrogen functional groups attached to an aromatic ring is 1. The molecule has 11 heteroatoms. The number of nitrogens with two attached hydrogens (primary N) is 1. The molecule has 186 valence electrons. The number of hydrogen-bond donors (Lipinski definition) is 2. The molecule has 3 N–H and O–H groups in total. The molecule has 3 atom stereocenters. The van der Waals surface area contributed by atoms with Gasteiger partial charge in [-0.1, -0.05) is 6.42 Å². The highest BCUT2D eigenvalue weighted by atomic mass is 32.1. The highest BCUT2D eigenvalue weighted by Crippen LogP contribution is 2.46. The molecule has 7 rings (SSSR count). The molecular formula is C25H28FN9S. The molecule has 1 saturated heterocycles. The maximum Gasteiger partial charge on any atom is 0.248 e. The summed E-state index contributed by atoms with van der Waals surface area (Å²) in [6, 6.07) is 7.87. The van der Waals surface area contributed by atoms with Crippen molar-refractivity contribution in [1.82, 2.24) is 29.6 Å². The maximum atomic E-state index is 15.2. The predicted octanol–water partition coefficient (Wildman–Crippen LogP) is 4.05. The van der Waals surface area contributed by atoms with Crippen molar-refractivity contribution in [2.45, 2.75) is 31.7 Å². The van der Waals surface area contributed by atoms with Gasteiger partial charge in [-0.15, -0.1) is 16.4 Å². The molecule has 0 spiro atoms. The smallest absolute Gasteiger partial charge is 0.248 e. The normalized spacial score (nSPS) is 24.1. The number of hydrogen-bond acceptors (Lipinski definition) is 9. The monoisotopic (exact) mass is 505 g/mol. The van der Waals surface area contributed by atoms with E-state index in [0.29, 0.717) is 17.2 Å². The fourth-order valence-electron chi connectivity index (χ4n) is 6.40. The van der Waals surface area contributed by atoms with Crippen LogP contribution in [0.1, 0.15) is 25.7 Å². The molecule has 36 heavy (non-hydrogen) atoms. The third kappa shape index (κ3) is 3.77. The topological polar surface area (TPSA) is 101 Å². The first-order valence-corrected chi connectivity index (χ1v) is 13.5. The molecule has 2 saturated carbocycles. The quantitative estimate of drug-likeness (QED) is 0.419. The summed E-state index contributed by atoms with van der Waals surface area (Å²) in [4.78, 5) is 18.6. The number of benzene rings is 1. The zero-order valence-corrected chi connectivity index (χ0v) is 20.7. The summed E-state index contributed by atoms with van der Waals surface area (Å²) in [5, 5.41) is 10.3. The van der Waals surface area contributed by atoms with Crippen molar-refractivity contribution >= 4 is 44.8 Å². The summed E-state index contributed by atoms with van der Waals surface area (Å²) in [6.07, 6.45) is 7.09. The van der Waals surface area contributed by atoms with Crippen molar-refractivity contribution in [3.8, 4) is 5.82 Å². The van der Waals surface area contributed by atoms with E-state index in [4.69, 9.17) is 5.73 Å². The largest absolute Gasteiger partial charge is 0.368 e. The average Bonchev–Trinajstić information content (AvgIpc) is 3.69. The van der Waals surface area contributed by atoms with Crippen LogP contribution in [0.3, 0.4) is 0 Å². The van der Waals surface area contributed by atoms with Gasteiger partial charge in [0.1, 0.15) is 17.0 Å². The van der Waals surface area contributed by atoms with Crippen molar-refractivity contribution in [2.24, 2.45) is 11.8 Å². The zero-order valence-electron chi connectivity index (χ0n) is 19.8. The van der Waals surface area contributed by atoms with E-state index >= 15 is 4.39 Å². The fraction of sp³-hybridized carbons (Fsp3) is 0.440. The van der Waals surface area contributed by atoms with Gasteiger partial charge in [-0.25, -0.2) is 14.4 Å². The van der Waals surface area contributed by atoms with Crippen molar-refractivity contribution < 1.29 is 4.39 Å². The Morgan fingerprint density at radius 2 is 1.94 bits per heavy atom. The Bertz CT molecular complexity index is 1410. The number of nitrogens with one attached hydrogen (secondary N) is 1. The highest BCUT2D eigenvalue weighted by Gasteiger charge is 2.42. The van der Waals surface area contributed by atoms with Gasteiger partial charge >= 0.3 is 0 Å². The minimum absolute atomic E-state index is 0.189. The number of rotatable bonds is 5. The van der Waals surface area contributed by atoms with Crippen molar-refractivity contribution in [3.05, 3.63) is 41.8 Å². The third-order valence-electron chi connectivity index (χ3n) is 8.10. The lowest BCUT2D eigenvalue weighted by Crippen LogP contribution is -2.52. The van der Waals surface area contributed by atoms with Crippen LogP contribution < -0.4 is 16.0 Å². The first-order valence-electron chi connectivity index (χ1n) is 12.6. The van der Waals surface area contributed by atoms with Gasteiger partial charge in [-0.2, -0.15) is 9.67 Å². The molecule has 3 aliphatic rings. The van der Waals surface area contributed by atoms with Crippen LogP contribution in [-0.2, 0) is 0 Å². The Kier molecular flexibility index (Phi) is 5.28. The molecule has 4 aromatic rings. The van der Waals surface area contributed by atoms with E-state index in [1.807, 2.05) is 23.6 Å². The molecule has 3 unspecified atom stereocenters. The number of fused-ring (bicyclic) bond motifs is 3. The van der Waals surface area contributed by atoms with E-state index in [-0.39, 0.29) is 17.7 Å². The Labute approximate surface area is 212 Å². The van der Waals surface area contributed by atoms with Crippen molar-refractivity contribution in [3.63, 3.8) is 0 Å². The van der Waals surface area contributed by atoms with Gasteiger partial charge in [-0.05, 0) is 60.7 Å². The fourth-order valence-corrected chi connectivity index (χ4v) is 7.13. The molecule has 4 heterocycles. The molecule has 0 radical (unpaired) electrons. The lowest BCUT2D eigenvalue weighted by Gasteiger charge is -2.41. The van der Waals surface area contributed by atoms with Crippen LogP contribution in [0.4, 0.5) is 27.7 Å². The van der Waals surface area contributed by atoms with Crippen LogP contribution >= 0.6 is 11.3 Å². The summed E-state index contributed by atoms with van der Waals surface area (Å²) >= 11 is 1.52. The van der Waals surface area contributed by atoms with Gasteiger partial charge in [0.15, 0.2) is 5.82 Å². The van der Waals surface area contributed by atoms with Crippen molar-refractivity contribution in [2.75, 3.05) is 42.1 Å². The number of anilines is 4. The maximum absolute atomic E-state index is 15.2. The second-order valence-electron chi connectivity index (χ2n) is 10.1. The van der Waals surface area contributed by atoms with Crippen LogP contribution in [0, 0.1) is 17.7 Å². The van der Waals surface area contributed by atoms with E-state index in [9.17, 15) is 0 Å². The highest BCUT2D eigenvalue weighted by molar-refractivity contribution is 7.16. The predicted molar refractivity (Wildman–Crippen MR) is 139 cm³/mol. The van der Waals surface area contributed by atoms with Crippen LogP contribution in [0.2, 0.25) is 0 Å². The van der Waals surface area contributed by atoms with E-state index in [0.717, 1.165) is 54.3 Å². The minimum atomic E-state index is -0.253. The molecule has 2 aliphatic carbocycles. The Balaban J connectivity index is 1.04. The van der Waals surface area contributed by atoms with E-state index in [1.165, 1.54) is 54.1 Å². The standard InChI is InChI=1S/C25H28FN9S/c26-19-13-17(30-25-31-24(27)35(32-25)22-18-5-10-36-23(18)29-14-28-22)3-4-20(19)33-6-8-34(9-7-33)21-12-15-1-2-16(21)11-15/h3-5,10,13-16,21H,1-2,6-9,11-12H2,(H3,27,30,31,32). The van der Waals surface area contributed by atoms with Crippen LogP contribution in [-0.4, -0.2) is 61.9 Å². The summed E-state index contributed by atoms with van der Waals surface area (Å²) < 4.78 is 16.6. The van der Waals surface area contributed by atoms with Gasteiger partial charge in [0.2, 0.25) is 11.9 Å². The lowest BCUT2D eigenvalue weighted by atomic mass is 9.93.